The van der Waals surface area contributed by atoms with Crippen molar-refractivity contribution in [1.82, 2.24) is 5.32 Å². The molecular weight excluding hydrogens is 422 g/mol. The number of hydrogen-bond acceptors (Lipinski definition) is 4. The number of hydrogen-bond donors (Lipinski definition) is 2. The van der Waals surface area contributed by atoms with Crippen LogP contribution in [-0.4, -0.2) is 20.1 Å². The first-order chi connectivity index (χ1) is 7.06. The van der Waals surface area contributed by atoms with Gasteiger partial charge in [0.15, 0.2) is 0 Å². The summed E-state index contributed by atoms with van der Waals surface area (Å²) in [4.78, 5) is 22.9. The summed E-state index contributed by atoms with van der Waals surface area (Å²) in [6.07, 6.45) is 0.283. The first-order valence-corrected chi connectivity index (χ1v) is 7.46. The zero-order valence-electron chi connectivity index (χ0n) is 7.86. The van der Waals surface area contributed by atoms with Gasteiger partial charge >= 0.3 is 0 Å². The molecule has 0 bridgehead atoms. The minimum Gasteiger partial charge on any atom is -0.396 e. The monoisotopic (exact) mass is 430 g/mol. The largest absolute Gasteiger partial charge is 0.396 e. The molecule has 80 valence electrons. The summed E-state index contributed by atoms with van der Waals surface area (Å²) in [7, 11) is 1.78. The normalized spacial score (nSPS) is 21.3. The molecule has 0 saturated heterocycles. The van der Waals surface area contributed by atoms with Crippen molar-refractivity contribution in [2.45, 2.75) is 6.42 Å². The van der Waals surface area contributed by atoms with Crippen LogP contribution in [0.25, 0.3) is 0 Å². The van der Waals surface area contributed by atoms with Gasteiger partial charge in [0.2, 0.25) is 11.6 Å². The van der Waals surface area contributed by atoms with Gasteiger partial charge in [-0.15, -0.1) is 0 Å². The number of rotatable bonds is 1. The molecule has 0 aromatic rings. The maximum absolute atomic E-state index is 11.6. The van der Waals surface area contributed by atoms with Crippen molar-refractivity contribution in [3.63, 3.8) is 0 Å². The highest BCUT2D eigenvalue weighted by molar-refractivity contribution is 14.2. The number of nitrogens with two attached hydrogens (primary N) is 1. The lowest BCUT2D eigenvalue weighted by Crippen LogP contribution is -2.23. The molecule has 0 spiro atoms. The Morgan fingerprint density at radius 2 is 2.13 bits per heavy atom. The molecule has 0 fully saturated rings. The fourth-order valence-electron chi connectivity index (χ4n) is 1.52. The molecule has 0 amide bonds. The van der Waals surface area contributed by atoms with Gasteiger partial charge in [0.05, 0.1) is 18.5 Å². The second kappa shape index (κ2) is 3.96. The van der Waals surface area contributed by atoms with Gasteiger partial charge in [0.25, 0.3) is 0 Å². The quantitative estimate of drug-likeness (QED) is 0.476. The van der Waals surface area contributed by atoms with E-state index in [1.807, 2.05) is 0 Å². The standard InChI is InChI=1S/C9H8I2N2O2/c1-13-7-6(12)5-3(11-9(7)10)2-4(14)8(5)15/h13H,2,12H2,1H3. The molecule has 0 radical (unpaired) electrons. The van der Waals surface area contributed by atoms with Crippen LogP contribution in [0.3, 0.4) is 0 Å². The molecule has 0 aromatic carbocycles. The zero-order chi connectivity index (χ0) is 11.2. The Morgan fingerprint density at radius 3 is 2.73 bits per heavy atom. The summed E-state index contributed by atoms with van der Waals surface area (Å²) in [5.74, 6) is -0.719. The lowest BCUT2D eigenvalue weighted by Gasteiger charge is -2.15. The lowest BCUT2D eigenvalue weighted by molar-refractivity contribution is -0.132. The first-order valence-electron chi connectivity index (χ1n) is 4.22. The number of carbonyl (C=O) groups excluding carboxylic acids is 2. The Balaban J connectivity index is 2.61. The van der Waals surface area contributed by atoms with Crippen LogP contribution in [-0.2, 0) is 9.59 Å². The van der Waals surface area contributed by atoms with Crippen molar-refractivity contribution < 1.29 is 9.59 Å². The zero-order valence-corrected chi connectivity index (χ0v) is 12.2. The molecule has 0 unspecified atom stereocenters. The Kier molecular flexibility index (Phi) is 2.97. The summed E-state index contributed by atoms with van der Waals surface area (Å²) in [6.45, 7) is 0. The van der Waals surface area contributed by atoms with Crippen LogP contribution in [0.1, 0.15) is 6.42 Å². The second-order valence-corrected chi connectivity index (χ2v) is 9.17. The van der Waals surface area contributed by atoms with E-state index < -0.39 is 5.78 Å². The highest BCUT2D eigenvalue weighted by Gasteiger charge is 2.35. The summed E-state index contributed by atoms with van der Waals surface area (Å²) >= 11 is 1.85. The molecule has 2 aliphatic rings. The van der Waals surface area contributed by atoms with Gasteiger partial charge in [-0.1, -0.05) is 20.7 Å². The van der Waals surface area contributed by atoms with Crippen LogP contribution in [0, 0.1) is 0 Å². The molecule has 2 rings (SSSR count). The molecule has 1 aliphatic carbocycles. The molecule has 0 aromatic heterocycles. The van der Waals surface area contributed by atoms with Gasteiger partial charge in [0.1, 0.15) is 0 Å². The Labute approximate surface area is 110 Å². The fraction of sp³-hybridized carbons (Fsp3) is 0.222. The van der Waals surface area contributed by atoms with Crippen LogP contribution in [0.4, 0.5) is 0 Å². The minimum absolute atomic E-state index is 0.283. The molecule has 4 nitrogen and oxygen atoms in total. The molecule has 1 aliphatic heterocycles. The van der Waals surface area contributed by atoms with Gasteiger partial charge in [0, 0.05) is 17.0 Å². The second-order valence-electron chi connectivity index (χ2n) is 3.10. The third-order valence-corrected chi connectivity index (χ3v) is 6.73. The smallest absolute Gasteiger partial charge is 0.231 e. The molecular formula is C9H8I2N2O2. The van der Waals surface area contributed by atoms with Crippen LogP contribution in [0.2, 0.25) is 0 Å². The molecule has 1 heterocycles. The topological polar surface area (TPSA) is 72.2 Å². The van der Waals surface area contributed by atoms with E-state index in [0.29, 0.717) is 11.3 Å². The summed E-state index contributed by atoms with van der Waals surface area (Å²) in [6, 6.07) is 0. The summed E-state index contributed by atoms with van der Waals surface area (Å²) in [5.41, 5.74) is 7.65. The number of Topliss-reactive ketones (excluding diaryl/α,β-unsaturated/α-hetero) is 2. The highest BCUT2D eigenvalue weighted by atomic mass is 127. The van der Waals surface area contributed by atoms with Gasteiger partial charge in [-0.3, -0.25) is 9.59 Å². The van der Waals surface area contributed by atoms with Crippen molar-refractivity contribution in [2.24, 2.45) is 5.73 Å². The third-order valence-electron chi connectivity index (χ3n) is 2.24. The van der Waals surface area contributed by atoms with E-state index in [1.54, 1.807) is 7.05 Å². The van der Waals surface area contributed by atoms with E-state index in [9.17, 15) is 9.59 Å². The Hall–Kier alpha value is -0.250. The third kappa shape index (κ3) is 1.67. The number of carbonyl (C=O) groups is 2. The Bertz CT molecular complexity index is 475. The maximum Gasteiger partial charge on any atom is 0.231 e. The van der Waals surface area contributed by atoms with Gasteiger partial charge in [-0.05, 0) is 22.6 Å². The predicted molar refractivity (Wildman–Crippen MR) is 75.0 cm³/mol. The average molecular weight is 430 g/mol. The molecule has 0 atom stereocenters. The van der Waals surface area contributed by atoms with Crippen LogP contribution in [0.15, 0.2) is 20.5 Å². The number of halogens is 2. The fourth-order valence-corrected chi connectivity index (χ4v) is 6.48. The van der Waals surface area contributed by atoms with Crippen LogP contribution < -0.4 is 11.1 Å². The predicted octanol–water partition coefficient (Wildman–Crippen LogP) is 0.721. The summed E-state index contributed by atoms with van der Waals surface area (Å²) in [5, 5.41) is 2.99. The van der Waals surface area contributed by atoms with Gasteiger partial charge in [-0.2, -0.15) is 0 Å². The van der Waals surface area contributed by atoms with Crippen molar-refractivity contribution >= 4 is 56.4 Å². The van der Waals surface area contributed by atoms with Crippen LogP contribution >= 0.6 is 43.3 Å². The highest BCUT2D eigenvalue weighted by Crippen LogP contribution is 2.40. The summed E-state index contributed by atoms with van der Waals surface area (Å²) < 4.78 is 2.14. The van der Waals surface area contributed by atoms with E-state index in [-0.39, 0.29) is 32.9 Å². The van der Waals surface area contributed by atoms with Crippen LogP contribution in [0.5, 0.6) is 0 Å². The Morgan fingerprint density at radius 1 is 1.47 bits per heavy atom. The van der Waals surface area contributed by atoms with Gasteiger partial charge < -0.3 is 11.1 Å². The average Bonchev–Trinajstić information content (AvgIpc) is 2.43. The van der Waals surface area contributed by atoms with Crippen molar-refractivity contribution in [2.75, 3.05) is 7.05 Å². The van der Waals surface area contributed by atoms with E-state index in [4.69, 9.17) is 5.73 Å². The van der Waals surface area contributed by atoms with E-state index in [2.05, 4.69) is 27.9 Å². The van der Waals surface area contributed by atoms with E-state index in [1.165, 1.54) is 0 Å². The molecule has 15 heavy (non-hydrogen) atoms. The number of allylic oxidation sites excluding steroid dienone is 3. The SMILES string of the molecule is CNC1=C(N)C2=C(CC(=O)C2=O)I=C1I. The minimum atomic E-state index is -0.404. The van der Waals surface area contributed by atoms with Crippen molar-refractivity contribution in [3.8, 4) is 0 Å². The van der Waals surface area contributed by atoms with Gasteiger partial charge in [-0.25, -0.2) is 0 Å². The molecule has 6 heteroatoms. The van der Waals surface area contributed by atoms with Crippen molar-refractivity contribution in [1.29, 1.82) is 0 Å². The van der Waals surface area contributed by atoms with E-state index in [0.717, 1.165) is 10.8 Å². The maximum atomic E-state index is 11.6. The number of ketones is 2. The number of nitrogens with one attached hydrogen (secondary N) is 1. The van der Waals surface area contributed by atoms with E-state index >= 15 is 0 Å². The first kappa shape index (κ1) is 11.2. The lowest BCUT2D eigenvalue weighted by atomic mass is 10.1. The molecule has 0 saturated carbocycles. The molecule has 3 N–H and O–H groups in total. The van der Waals surface area contributed by atoms with Crippen molar-refractivity contribution in [3.05, 3.63) is 20.5 Å².